The molecule has 0 saturated carbocycles. The highest BCUT2D eigenvalue weighted by Gasteiger charge is 2.24. The van der Waals surface area contributed by atoms with Crippen LogP contribution in [0.3, 0.4) is 0 Å². The van der Waals surface area contributed by atoms with E-state index in [1.54, 1.807) is 7.11 Å². The number of benzene rings is 1. The number of methoxy groups -OCH3 is 1. The van der Waals surface area contributed by atoms with Crippen molar-refractivity contribution < 1.29 is 19.4 Å². The Morgan fingerprint density at radius 2 is 2.23 bits per heavy atom. The van der Waals surface area contributed by atoms with Crippen molar-refractivity contribution in [1.29, 1.82) is 0 Å². The van der Waals surface area contributed by atoms with Gasteiger partial charge in [-0.25, -0.2) is 0 Å². The van der Waals surface area contributed by atoms with Crippen LogP contribution in [0.4, 0.5) is 0 Å². The fourth-order valence-corrected chi connectivity index (χ4v) is 3.56. The first kappa shape index (κ1) is 16.8. The van der Waals surface area contributed by atoms with Gasteiger partial charge in [0.25, 0.3) is 0 Å². The van der Waals surface area contributed by atoms with Crippen molar-refractivity contribution in [1.82, 2.24) is 0 Å². The zero-order chi connectivity index (χ0) is 16.1. The quantitative estimate of drug-likeness (QED) is 0.771. The Kier molecular flexibility index (Phi) is 5.85. The van der Waals surface area contributed by atoms with Gasteiger partial charge in [0, 0.05) is 14.9 Å². The summed E-state index contributed by atoms with van der Waals surface area (Å²) in [6.07, 6.45) is 0.348. The third-order valence-electron chi connectivity index (χ3n) is 3.21. The number of hydrogen-bond acceptors (Lipinski definition) is 4. The third-order valence-corrected chi connectivity index (χ3v) is 4.66. The van der Waals surface area contributed by atoms with Gasteiger partial charge in [0.2, 0.25) is 0 Å². The molecule has 1 aromatic carbocycles. The third kappa shape index (κ3) is 3.81. The molecule has 0 amide bonds. The highest BCUT2D eigenvalue weighted by atomic mass is 79.9. The van der Waals surface area contributed by atoms with E-state index in [2.05, 4.69) is 15.9 Å². The number of carbonyl (C=O) groups is 1. The van der Waals surface area contributed by atoms with Gasteiger partial charge in [0.05, 0.1) is 19.6 Å². The van der Waals surface area contributed by atoms with Crippen LogP contribution in [0.25, 0.3) is 0 Å². The van der Waals surface area contributed by atoms with Crippen LogP contribution in [-0.4, -0.2) is 24.8 Å². The normalized spacial score (nSPS) is 12.0. The van der Waals surface area contributed by atoms with Crippen LogP contribution >= 0.6 is 27.3 Å². The second-order valence-electron chi connectivity index (χ2n) is 4.64. The monoisotopic (exact) mass is 384 g/mol. The highest BCUT2D eigenvalue weighted by molar-refractivity contribution is 9.10. The Hall–Kier alpha value is -1.53. The van der Waals surface area contributed by atoms with Gasteiger partial charge in [-0.05, 0) is 36.9 Å². The molecule has 22 heavy (non-hydrogen) atoms. The van der Waals surface area contributed by atoms with E-state index in [9.17, 15) is 9.90 Å². The SMILES string of the molecule is CCOc1c(CC(C(=O)O)c2cccs2)cc(Br)cc1OC. The lowest BCUT2D eigenvalue weighted by Crippen LogP contribution is -2.14. The van der Waals surface area contributed by atoms with Crippen molar-refractivity contribution in [3.63, 3.8) is 0 Å². The fraction of sp³-hybridized carbons (Fsp3) is 0.312. The Morgan fingerprint density at radius 3 is 2.77 bits per heavy atom. The minimum atomic E-state index is -0.844. The molecule has 0 spiro atoms. The van der Waals surface area contributed by atoms with Crippen LogP contribution in [0, 0.1) is 0 Å². The number of carboxylic acid groups (broad SMARTS) is 1. The summed E-state index contributed by atoms with van der Waals surface area (Å²) in [5.41, 5.74) is 0.814. The van der Waals surface area contributed by atoms with E-state index in [4.69, 9.17) is 9.47 Å². The van der Waals surface area contributed by atoms with Gasteiger partial charge in [0.1, 0.15) is 0 Å². The Morgan fingerprint density at radius 1 is 1.45 bits per heavy atom. The molecule has 0 radical (unpaired) electrons. The van der Waals surface area contributed by atoms with Gasteiger partial charge >= 0.3 is 5.97 Å². The predicted molar refractivity (Wildman–Crippen MR) is 90.3 cm³/mol. The summed E-state index contributed by atoms with van der Waals surface area (Å²) >= 11 is 4.88. The largest absolute Gasteiger partial charge is 0.493 e. The summed E-state index contributed by atoms with van der Waals surface area (Å²) < 4.78 is 11.9. The first-order valence-electron chi connectivity index (χ1n) is 6.82. The van der Waals surface area contributed by atoms with E-state index in [0.29, 0.717) is 24.5 Å². The van der Waals surface area contributed by atoms with Crippen molar-refractivity contribution in [3.05, 3.63) is 44.6 Å². The summed E-state index contributed by atoms with van der Waals surface area (Å²) in [5.74, 6) is -0.236. The molecule has 1 atom stereocenters. The van der Waals surface area contributed by atoms with Gasteiger partial charge in [-0.3, -0.25) is 4.79 Å². The molecule has 0 aliphatic heterocycles. The number of halogens is 1. The maximum Gasteiger partial charge on any atom is 0.312 e. The molecule has 0 saturated heterocycles. The lowest BCUT2D eigenvalue weighted by atomic mass is 9.97. The predicted octanol–water partition coefficient (Wildman–Crippen LogP) is 4.33. The van der Waals surface area contributed by atoms with Crippen molar-refractivity contribution >= 4 is 33.2 Å². The minimum Gasteiger partial charge on any atom is -0.493 e. The number of hydrogen-bond donors (Lipinski definition) is 1. The second kappa shape index (κ2) is 7.65. The first-order chi connectivity index (χ1) is 10.6. The zero-order valence-corrected chi connectivity index (χ0v) is 14.7. The van der Waals surface area contributed by atoms with Crippen LogP contribution in [0.2, 0.25) is 0 Å². The van der Waals surface area contributed by atoms with Gasteiger partial charge in [-0.1, -0.05) is 22.0 Å². The summed E-state index contributed by atoms with van der Waals surface area (Å²) in [5, 5.41) is 11.4. The molecule has 2 aromatic rings. The van der Waals surface area contributed by atoms with E-state index in [-0.39, 0.29) is 0 Å². The van der Waals surface area contributed by atoms with E-state index >= 15 is 0 Å². The Bertz CT molecular complexity index is 640. The summed E-state index contributed by atoms with van der Waals surface area (Å²) in [6.45, 7) is 2.38. The van der Waals surface area contributed by atoms with Gasteiger partial charge < -0.3 is 14.6 Å². The number of rotatable bonds is 7. The number of aliphatic carboxylic acids is 1. The molecule has 2 rings (SSSR count). The molecule has 118 valence electrons. The van der Waals surface area contributed by atoms with Crippen molar-refractivity contribution in [2.45, 2.75) is 19.3 Å². The minimum absolute atomic E-state index is 0.348. The average molecular weight is 385 g/mol. The molecule has 1 unspecified atom stereocenters. The maximum atomic E-state index is 11.6. The number of thiophene rings is 1. The Labute approximate surface area is 141 Å². The van der Waals surface area contributed by atoms with E-state index < -0.39 is 11.9 Å². The maximum absolute atomic E-state index is 11.6. The smallest absolute Gasteiger partial charge is 0.312 e. The second-order valence-corrected chi connectivity index (χ2v) is 6.53. The topological polar surface area (TPSA) is 55.8 Å². The standard InChI is InChI=1S/C16H17BrO4S/c1-3-21-15-10(7-11(17)9-13(15)20-2)8-12(16(18)19)14-5-4-6-22-14/h4-7,9,12H,3,8H2,1-2H3,(H,18,19). The zero-order valence-electron chi connectivity index (χ0n) is 12.3. The molecule has 0 aliphatic carbocycles. The first-order valence-corrected chi connectivity index (χ1v) is 8.49. The molecule has 6 heteroatoms. The molecule has 1 heterocycles. The van der Waals surface area contributed by atoms with Crippen LogP contribution in [0.5, 0.6) is 11.5 Å². The molecular formula is C16H17BrO4S. The van der Waals surface area contributed by atoms with E-state index in [1.165, 1.54) is 11.3 Å². The van der Waals surface area contributed by atoms with E-state index in [0.717, 1.165) is 14.9 Å². The van der Waals surface area contributed by atoms with Crippen LogP contribution < -0.4 is 9.47 Å². The summed E-state index contributed by atoms with van der Waals surface area (Å²) in [6, 6.07) is 7.41. The van der Waals surface area contributed by atoms with Crippen molar-refractivity contribution in [2.75, 3.05) is 13.7 Å². The molecule has 4 nitrogen and oxygen atoms in total. The van der Waals surface area contributed by atoms with Crippen LogP contribution in [0.15, 0.2) is 34.1 Å². The lowest BCUT2D eigenvalue weighted by molar-refractivity contribution is -0.138. The molecule has 0 aliphatic rings. The molecule has 0 fully saturated rings. The summed E-state index contributed by atoms with van der Waals surface area (Å²) in [4.78, 5) is 12.5. The molecular weight excluding hydrogens is 368 g/mol. The molecule has 1 aromatic heterocycles. The van der Waals surface area contributed by atoms with Crippen molar-refractivity contribution in [3.8, 4) is 11.5 Å². The highest BCUT2D eigenvalue weighted by Crippen LogP contribution is 2.38. The summed E-state index contributed by atoms with van der Waals surface area (Å²) in [7, 11) is 1.57. The van der Waals surface area contributed by atoms with Crippen LogP contribution in [0.1, 0.15) is 23.3 Å². The fourth-order valence-electron chi connectivity index (χ4n) is 2.25. The lowest BCUT2D eigenvalue weighted by Gasteiger charge is -2.17. The molecule has 0 bridgehead atoms. The van der Waals surface area contributed by atoms with Gasteiger partial charge in [-0.2, -0.15) is 0 Å². The Balaban J connectivity index is 2.42. The van der Waals surface area contributed by atoms with Gasteiger partial charge in [-0.15, -0.1) is 11.3 Å². The average Bonchev–Trinajstić information content (AvgIpc) is 3.00. The van der Waals surface area contributed by atoms with Crippen molar-refractivity contribution in [2.24, 2.45) is 0 Å². The number of carboxylic acids is 1. The van der Waals surface area contributed by atoms with Gasteiger partial charge in [0.15, 0.2) is 11.5 Å². The van der Waals surface area contributed by atoms with E-state index in [1.807, 2.05) is 36.6 Å². The number of ether oxygens (including phenoxy) is 2. The van der Waals surface area contributed by atoms with Crippen LogP contribution in [-0.2, 0) is 11.2 Å². The molecule has 1 N–H and O–H groups in total.